The summed E-state index contributed by atoms with van der Waals surface area (Å²) in [7, 11) is 1.61. The second-order valence-electron chi connectivity index (χ2n) is 5.08. The average Bonchev–Trinajstić information content (AvgIpc) is 2.59. The van der Waals surface area contributed by atoms with Crippen LogP contribution in [0, 0.1) is 0 Å². The van der Waals surface area contributed by atoms with Crippen molar-refractivity contribution in [3.05, 3.63) is 65.7 Å². The highest BCUT2D eigenvalue weighted by molar-refractivity contribution is 5.94. The van der Waals surface area contributed by atoms with E-state index in [1.165, 1.54) is 0 Å². The quantitative estimate of drug-likeness (QED) is 0.855. The summed E-state index contributed by atoms with van der Waals surface area (Å²) in [5.41, 5.74) is 7.37. The third-order valence-electron chi connectivity index (χ3n) is 3.47. The first-order chi connectivity index (χ1) is 10.7. The van der Waals surface area contributed by atoms with E-state index in [9.17, 15) is 4.79 Å². The molecule has 0 aliphatic heterocycles. The van der Waals surface area contributed by atoms with Crippen molar-refractivity contribution in [2.45, 2.75) is 13.0 Å². The molecule has 0 aliphatic rings. The number of carbonyl (C=O) groups excluding carboxylic acids is 1. The summed E-state index contributed by atoms with van der Waals surface area (Å²) in [5.74, 6) is 0.757. The molecule has 0 aliphatic carbocycles. The molecule has 1 amide bonds. The highest BCUT2D eigenvalue weighted by atomic mass is 16.5. The van der Waals surface area contributed by atoms with Gasteiger partial charge in [-0.2, -0.15) is 0 Å². The van der Waals surface area contributed by atoms with Crippen LogP contribution in [0.15, 0.2) is 54.6 Å². The number of nitrogens with zero attached hydrogens (tertiary/aromatic N) is 1. The van der Waals surface area contributed by atoms with Gasteiger partial charge in [0.05, 0.1) is 7.11 Å². The summed E-state index contributed by atoms with van der Waals surface area (Å²) in [6, 6.07) is 17.2. The molecule has 2 aromatic carbocycles. The summed E-state index contributed by atoms with van der Waals surface area (Å²) in [5, 5.41) is 0. The van der Waals surface area contributed by atoms with Gasteiger partial charge in [-0.25, -0.2) is 0 Å². The second-order valence-corrected chi connectivity index (χ2v) is 5.08. The summed E-state index contributed by atoms with van der Waals surface area (Å²) in [6.45, 7) is 1.81. The van der Waals surface area contributed by atoms with Gasteiger partial charge in [0.1, 0.15) is 5.75 Å². The predicted molar refractivity (Wildman–Crippen MR) is 87.8 cm³/mol. The number of hydrogen-bond acceptors (Lipinski definition) is 3. The summed E-state index contributed by atoms with van der Waals surface area (Å²) in [4.78, 5) is 14.5. The average molecular weight is 298 g/mol. The maximum Gasteiger partial charge on any atom is 0.254 e. The molecule has 0 saturated heterocycles. The molecule has 4 nitrogen and oxygen atoms in total. The third kappa shape index (κ3) is 4.33. The van der Waals surface area contributed by atoms with Crippen LogP contribution >= 0.6 is 0 Å². The Morgan fingerprint density at radius 1 is 1.09 bits per heavy atom. The first-order valence-electron chi connectivity index (χ1n) is 7.42. The molecular formula is C18H22N2O2. The summed E-state index contributed by atoms with van der Waals surface area (Å²) in [6.07, 6.45) is 0.786. The topological polar surface area (TPSA) is 55.6 Å². The van der Waals surface area contributed by atoms with Gasteiger partial charge in [0.25, 0.3) is 5.91 Å². The van der Waals surface area contributed by atoms with Crippen molar-refractivity contribution in [2.75, 3.05) is 20.2 Å². The lowest BCUT2D eigenvalue weighted by atomic mass is 10.1. The van der Waals surface area contributed by atoms with Gasteiger partial charge in [-0.05, 0) is 42.8 Å². The monoisotopic (exact) mass is 298 g/mol. The molecule has 2 N–H and O–H groups in total. The zero-order chi connectivity index (χ0) is 15.8. The molecule has 2 rings (SSSR count). The minimum absolute atomic E-state index is 0.0138. The van der Waals surface area contributed by atoms with Gasteiger partial charge in [-0.1, -0.05) is 30.3 Å². The number of methoxy groups -OCH3 is 1. The SMILES string of the molecule is COc1ccc(C(=O)N(CCCN)Cc2ccccc2)cc1. The van der Waals surface area contributed by atoms with E-state index >= 15 is 0 Å². The van der Waals surface area contributed by atoms with Gasteiger partial charge in [0.15, 0.2) is 0 Å². The Kier molecular flexibility index (Phi) is 5.98. The lowest BCUT2D eigenvalue weighted by Gasteiger charge is -2.23. The summed E-state index contributed by atoms with van der Waals surface area (Å²) >= 11 is 0. The van der Waals surface area contributed by atoms with Gasteiger partial charge in [0.2, 0.25) is 0 Å². The van der Waals surface area contributed by atoms with E-state index in [4.69, 9.17) is 10.5 Å². The van der Waals surface area contributed by atoms with E-state index < -0.39 is 0 Å². The number of ether oxygens (including phenoxy) is 1. The third-order valence-corrected chi connectivity index (χ3v) is 3.47. The molecule has 0 fully saturated rings. The van der Waals surface area contributed by atoms with Crippen LogP contribution < -0.4 is 10.5 Å². The van der Waals surface area contributed by atoms with Crippen LogP contribution in [0.1, 0.15) is 22.3 Å². The van der Waals surface area contributed by atoms with E-state index in [-0.39, 0.29) is 5.91 Å². The molecule has 0 aromatic heterocycles. The second kappa shape index (κ2) is 8.20. The fourth-order valence-corrected chi connectivity index (χ4v) is 2.25. The van der Waals surface area contributed by atoms with E-state index in [0.29, 0.717) is 25.2 Å². The maximum absolute atomic E-state index is 12.7. The van der Waals surface area contributed by atoms with Crippen LogP contribution in [0.2, 0.25) is 0 Å². The molecule has 116 valence electrons. The van der Waals surface area contributed by atoms with Crippen LogP contribution in [-0.2, 0) is 6.54 Å². The minimum atomic E-state index is 0.0138. The predicted octanol–water partition coefficient (Wildman–Crippen LogP) is 2.69. The van der Waals surface area contributed by atoms with E-state index in [2.05, 4.69) is 0 Å². The lowest BCUT2D eigenvalue weighted by Crippen LogP contribution is -2.32. The molecule has 0 spiro atoms. The highest BCUT2D eigenvalue weighted by Crippen LogP contribution is 2.15. The Morgan fingerprint density at radius 3 is 2.36 bits per heavy atom. The smallest absolute Gasteiger partial charge is 0.254 e. The van der Waals surface area contributed by atoms with Gasteiger partial charge in [-0.3, -0.25) is 4.79 Å². The van der Waals surface area contributed by atoms with Crippen molar-refractivity contribution < 1.29 is 9.53 Å². The molecule has 0 saturated carbocycles. The number of nitrogens with two attached hydrogens (primary N) is 1. The summed E-state index contributed by atoms with van der Waals surface area (Å²) < 4.78 is 5.13. The van der Waals surface area contributed by atoms with Gasteiger partial charge >= 0.3 is 0 Å². The number of rotatable bonds is 7. The lowest BCUT2D eigenvalue weighted by molar-refractivity contribution is 0.0742. The van der Waals surface area contributed by atoms with Crippen LogP contribution in [0.3, 0.4) is 0 Å². The highest BCUT2D eigenvalue weighted by Gasteiger charge is 2.15. The molecule has 0 radical (unpaired) electrons. The van der Waals surface area contributed by atoms with E-state index in [1.54, 1.807) is 31.4 Å². The standard InChI is InChI=1S/C18H22N2O2/c1-22-17-10-8-16(9-11-17)18(21)20(13-5-12-19)14-15-6-3-2-4-7-15/h2-4,6-11H,5,12-14,19H2,1H3. The van der Waals surface area contributed by atoms with Crippen molar-refractivity contribution in [3.63, 3.8) is 0 Å². The van der Waals surface area contributed by atoms with Gasteiger partial charge in [-0.15, -0.1) is 0 Å². The van der Waals surface area contributed by atoms with Gasteiger partial charge < -0.3 is 15.4 Å². The molecule has 0 bridgehead atoms. The van der Waals surface area contributed by atoms with Crippen LogP contribution in [0.4, 0.5) is 0 Å². The Balaban J connectivity index is 2.14. The molecule has 0 atom stereocenters. The normalized spacial score (nSPS) is 10.3. The van der Waals surface area contributed by atoms with Crippen molar-refractivity contribution in [3.8, 4) is 5.75 Å². The van der Waals surface area contributed by atoms with Crippen LogP contribution in [-0.4, -0.2) is 31.0 Å². The first-order valence-corrected chi connectivity index (χ1v) is 7.42. The van der Waals surface area contributed by atoms with Crippen molar-refractivity contribution in [2.24, 2.45) is 5.73 Å². The molecular weight excluding hydrogens is 276 g/mol. The maximum atomic E-state index is 12.7. The van der Waals surface area contributed by atoms with Gasteiger partial charge in [0, 0.05) is 18.7 Å². The van der Waals surface area contributed by atoms with E-state index in [0.717, 1.165) is 17.7 Å². The first kappa shape index (κ1) is 16.0. The largest absolute Gasteiger partial charge is 0.497 e. The Hall–Kier alpha value is -2.33. The van der Waals surface area contributed by atoms with E-state index in [1.807, 2.05) is 35.2 Å². The number of amides is 1. The molecule has 22 heavy (non-hydrogen) atoms. The Bertz CT molecular complexity index is 582. The fourth-order valence-electron chi connectivity index (χ4n) is 2.25. The number of hydrogen-bond donors (Lipinski definition) is 1. The molecule has 0 unspecified atom stereocenters. The molecule has 4 heteroatoms. The molecule has 2 aromatic rings. The number of carbonyl (C=O) groups is 1. The minimum Gasteiger partial charge on any atom is -0.497 e. The fraction of sp³-hybridized carbons (Fsp3) is 0.278. The zero-order valence-electron chi connectivity index (χ0n) is 12.9. The molecule has 0 heterocycles. The van der Waals surface area contributed by atoms with Crippen molar-refractivity contribution in [1.82, 2.24) is 4.90 Å². The Morgan fingerprint density at radius 2 is 1.77 bits per heavy atom. The van der Waals surface area contributed by atoms with Crippen LogP contribution in [0.25, 0.3) is 0 Å². The van der Waals surface area contributed by atoms with Crippen molar-refractivity contribution in [1.29, 1.82) is 0 Å². The zero-order valence-corrected chi connectivity index (χ0v) is 12.9. The Labute approximate surface area is 131 Å². The van der Waals surface area contributed by atoms with Crippen LogP contribution in [0.5, 0.6) is 5.75 Å². The van der Waals surface area contributed by atoms with Crippen molar-refractivity contribution >= 4 is 5.91 Å². The number of benzene rings is 2.